The number of nitrogen functional groups attached to an aromatic ring is 1. The summed E-state index contributed by atoms with van der Waals surface area (Å²) in [6.45, 7) is 0. The van der Waals surface area contributed by atoms with Crippen LogP contribution in [0.3, 0.4) is 0 Å². The molecule has 1 aliphatic carbocycles. The van der Waals surface area contributed by atoms with Crippen LogP contribution in [0.4, 0.5) is 5.82 Å². The van der Waals surface area contributed by atoms with E-state index < -0.39 is 0 Å². The van der Waals surface area contributed by atoms with E-state index in [1.807, 2.05) is 45.9 Å². The van der Waals surface area contributed by atoms with Gasteiger partial charge in [0.15, 0.2) is 11.4 Å². The van der Waals surface area contributed by atoms with Crippen molar-refractivity contribution < 1.29 is 9.52 Å². The van der Waals surface area contributed by atoms with Crippen LogP contribution < -0.4 is 5.73 Å². The molecular formula is C23H22N6O2. The molecule has 5 heterocycles. The van der Waals surface area contributed by atoms with Crippen molar-refractivity contribution in [2.24, 2.45) is 0 Å². The summed E-state index contributed by atoms with van der Waals surface area (Å²) in [5, 5.41) is 15.3. The Labute approximate surface area is 178 Å². The van der Waals surface area contributed by atoms with Crippen molar-refractivity contribution in [3.8, 4) is 22.5 Å². The molecule has 0 amide bonds. The fraction of sp³-hybridized carbons (Fsp3) is 0.261. The maximum Gasteiger partial charge on any atom is 0.177 e. The molecule has 1 aliphatic rings. The molecule has 8 heteroatoms. The van der Waals surface area contributed by atoms with E-state index in [1.165, 1.54) is 0 Å². The maximum absolute atomic E-state index is 9.78. The number of aromatic nitrogens is 5. The minimum atomic E-state index is -0.184. The van der Waals surface area contributed by atoms with Crippen LogP contribution in [-0.4, -0.2) is 35.4 Å². The molecule has 31 heavy (non-hydrogen) atoms. The largest absolute Gasteiger partial charge is 0.452 e. The van der Waals surface area contributed by atoms with E-state index in [0.29, 0.717) is 17.4 Å². The van der Waals surface area contributed by atoms with E-state index in [2.05, 4.69) is 21.3 Å². The van der Waals surface area contributed by atoms with Gasteiger partial charge in [0.2, 0.25) is 0 Å². The molecule has 5 aromatic rings. The van der Waals surface area contributed by atoms with Crippen LogP contribution in [0.25, 0.3) is 38.9 Å². The number of aliphatic hydroxyl groups is 1. The zero-order valence-electron chi connectivity index (χ0n) is 16.8. The molecular weight excluding hydrogens is 392 g/mol. The molecule has 3 N–H and O–H groups in total. The smallest absolute Gasteiger partial charge is 0.177 e. The molecule has 0 atom stereocenters. The quantitative estimate of drug-likeness (QED) is 0.461. The number of aliphatic hydroxyl groups excluding tert-OH is 1. The van der Waals surface area contributed by atoms with Gasteiger partial charge in [-0.2, -0.15) is 5.10 Å². The van der Waals surface area contributed by atoms with Crippen molar-refractivity contribution in [3.05, 3.63) is 55.5 Å². The number of pyridine rings is 2. The maximum atomic E-state index is 9.78. The Hall–Kier alpha value is -3.65. The molecule has 0 aliphatic heterocycles. The van der Waals surface area contributed by atoms with Gasteiger partial charge < -0.3 is 19.7 Å². The summed E-state index contributed by atoms with van der Waals surface area (Å²) in [4.78, 5) is 8.60. The molecule has 0 aromatic carbocycles. The number of rotatable bonds is 3. The van der Waals surface area contributed by atoms with Gasteiger partial charge in [0, 0.05) is 40.7 Å². The van der Waals surface area contributed by atoms with E-state index in [-0.39, 0.29) is 6.10 Å². The predicted octanol–water partition coefficient (Wildman–Crippen LogP) is 4.06. The van der Waals surface area contributed by atoms with Crippen molar-refractivity contribution in [1.82, 2.24) is 24.1 Å². The van der Waals surface area contributed by atoms with Gasteiger partial charge in [0.05, 0.1) is 36.4 Å². The Morgan fingerprint density at radius 2 is 1.97 bits per heavy atom. The number of nitrogens with two attached hydrogens (primary N) is 1. The normalized spacial score (nSPS) is 19.4. The van der Waals surface area contributed by atoms with E-state index in [9.17, 15) is 5.11 Å². The first-order chi connectivity index (χ1) is 15.2. The minimum Gasteiger partial charge on any atom is -0.452 e. The third-order valence-electron chi connectivity index (χ3n) is 6.26. The zero-order valence-corrected chi connectivity index (χ0v) is 16.8. The van der Waals surface area contributed by atoms with Crippen molar-refractivity contribution in [2.45, 2.75) is 37.8 Å². The van der Waals surface area contributed by atoms with Crippen LogP contribution in [0.2, 0.25) is 0 Å². The van der Waals surface area contributed by atoms with Crippen LogP contribution in [0.1, 0.15) is 31.7 Å². The highest BCUT2D eigenvalue weighted by Crippen LogP contribution is 2.38. The van der Waals surface area contributed by atoms with E-state index in [4.69, 9.17) is 10.2 Å². The van der Waals surface area contributed by atoms with Gasteiger partial charge in [0.25, 0.3) is 0 Å². The molecule has 156 valence electrons. The van der Waals surface area contributed by atoms with Gasteiger partial charge in [-0.25, -0.2) is 9.97 Å². The van der Waals surface area contributed by atoms with Crippen molar-refractivity contribution in [1.29, 1.82) is 0 Å². The van der Waals surface area contributed by atoms with Crippen LogP contribution in [-0.2, 0) is 0 Å². The molecule has 0 unspecified atom stereocenters. The summed E-state index contributed by atoms with van der Waals surface area (Å²) in [6.07, 6.45) is 14.6. The predicted molar refractivity (Wildman–Crippen MR) is 117 cm³/mol. The molecule has 0 radical (unpaired) electrons. The van der Waals surface area contributed by atoms with Crippen molar-refractivity contribution >= 4 is 22.3 Å². The van der Waals surface area contributed by atoms with Crippen LogP contribution >= 0.6 is 0 Å². The number of imidazole rings is 1. The lowest BCUT2D eigenvalue weighted by atomic mass is 9.93. The molecule has 6 rings (SSSR count). The fourth-order valence-electron chi connectivity index (χ4n) is 4.56. The number of anilines is 1. The molecule has 0 bridgehead atoms. The summed E-state index contributed by atoms with van der Waals surface area (Å²) < 4.78 is 10.1. The summed E-state index contributed by atoms with van der Waals surface area (Å²) in [6, 6.07) is 6.30. The number of fused-ring (bicyclic) bond motifs is 2. The second-order valence-electron chi connectivity index (χ2n) is 8.19. The summed E-state index contributed by atoms with van der Waals surface area (Å²) in [5.41, 5.74) is 10.5. The first-order valence-corrected chi connectivity index (χ1v) is 10.5. The first kappa shape index (κ1) is 18.1. The number of hydrogen-bond donors (Lipinski definition) is 2. The molecule has 8 nitrogen and oxygen atoms in total. The highest BCUT2D eigenvalue weighted by atomic mass is 16.3. The Balaban J connectivity index is 1.44. The topological polar surface area (TPSA) is 107 Å². The monoisotopic (exact) mass is 414 g/mol. The zero-order chi connectivity index (χ0) is 20.9. The number of nitrogens with zero attached hydrogens (tertiary/aromatic N) is 5. The molecule has 1 saturated carbocycles. The first-order valence-electron chi connectivity index (χ1n) is 10.5. The van der Waals surface area contributed by atoms with E-state index in [0.717, 1.165) is 59.0 Å². The Morgan fingerprint density at radius 3 is 2.84 bits per heavy atom. The highest BCUT2D eigenvalue weighted by molar-refractivity contribution is 6.00. The summed E-state index contributed by atoms with van der Waals surface area (Å²) in [5.74, 6) is 1.08. The standard InChI is InChI=1S/C23H22N6O2/c24-23-22-18(8-21(31-22)17-2-1-7-28-13-25-11-20(17)28)19(10-26-23)14-9-27-29(12-14)15-3-5-16(30)6-4-15/h1-2,7-13,15-16,30H,3-6H2,(H2,24,26)/t15-,16-. The molecule has 0 spiro atoms. The van der Waals surface area contributed by atoms with E-state index >= 15 is 0 Å². The fourth-order valence-corrected chi connectivity index (χ4v) is 4.56. The lowest BCUT2D eigenvalue weighted by Crippen LogP contribution is -2.21. The third-order valence-corrected chi connectivity index (χ3v) is 6.26. The summed E-state index contributed by atoms with van der Waals surface area (Å²) in [7, 11) is 0. The van der Waals surface area contributed by atoms with Crippen molar-refractivity contribution in [2.75, 3.05) is 5.73 Å². The van der Waals surface area contributed by atoms with Crippen LogP contribution in [0.15, 0.2) is 59.9 Å². The second kappa shape index (κ2) is 6.95. The number of furan rings is 1. The molecule has 0 saturated heterocycles. The van der Waals surface area contributed by atoms with Crippen LogP contribution in [0, 0.1) is 0 Å². The lowest BCUT2D eigenvalue weighted by Gasteiger charge is -2.25. The average molecular weight is 414 g/mol. The van der Waals surface area contributed by atoms with Gasteiger partial charge in [-0.15, -0.1) is 0 Å². The number of hydrogen-bond acceptors (Lipinski definition) is 6. The van der Waals surface area contributed by atoms with Crippen molar-refractivity contribution in [3.63, 3.8) is 0 Å². The Morgan fingerprint density at radius 1 is 1.10 bits per heavy atom. The molecule has 5 aromatic heterocycles. The second-order valence-corrected chi connectivity index (χ2v) is 8.19. The Kier molecular flexibility index (Phi) is 4.07. The molecule has 1 fully saturated rings. The SMILES string of the molecule is Nc1ncc(-c2cnn([C@H]3CC[C@H](O)CC3)c2)c2cc(-c3cccn4cncc34)oc12. The van der Waals surface area contributed by atoms with Gasteiger partial charge >= 0.3 is 0 Å². The van der Waals surface area contributed by atoms with Gasteiger partial charge in [-0.05, 0) is 43.9 Å². The van der Waals surface area contributed by atoms with Gasteiger partial charge in [-0.1, -0.05) is 0 Å². The minimum absolute atomic E-state index is 0.184. The average Bonchev–Trinajstić information content (AvgIpc) is 3.53. The summed E-state index contributed by atoms with van der Waals surface area (Å²) >= 11 is 0. The third kappa shape index (κ3) is 2.98. The van der Waals surface area contributed by atoms with Gasteiger partial charge in [0.1, 0.15) is 5.76 Å². The Bertz CT molecular complexity index is 1390. The van der Waals surface area contributed by atoms with E-state index in [1.54, 1.807) is 12.5 Å². The highest BCUT2D eigenvalue weighted by Gasteiger charge is 2.22. The van der Waals surface area contributed by atoms with Crippen LogP contribution in [0.5, 0.6) is 0 Å². The van der Waals surface area contributed by atoms with Gasteiger partial charge in [-0.3, -0.25) is 4.68 Å². The lowest BCUT2D eigenvalue weighted by molar-refractivity contribution is 0.108.